The van der Waals surface area contributed by atoms with Crippen molar-refractivity contribution in [2.24, 2.45) is 0 Å². The minimum absolute atomic E-state index is 0.0865. The molecule has 9 heteroatoms. The van der Waals surface area contributed by atoms with E-state index >= 15 is 0 Å². The Morgan fingerprint density at radius 3 is 2.29 bits per heavy atom. The summed E-state index contributed by atoms with van der Waals surface area (Å²) in [6.07, 6.45) is -7.47. The Morgan fingerprint density at radius 2 is 1.59 bits per heavy atom. The van der Waals surface area contributed by atoms with Gasteiger partial charge in [0.05, 0.1) is 16.6 Å². The number of hydrogen-bond acceptors (Lipinski definition) is 3. The number of anilines is 1. The first-order valence-corrected chi connectivity index (χ1v) is 10.0. The van der Waals surface area contributed by atoms with Crippen molar-refractivity contribution in [3.05, 3.63) is 95.2 Å². The second-order valence-electron chi connectivity index (χ2n) is 7.54. The average Bonchev–Trinajstić information content (AvgIpc) is 2.80. The topological polar surface area (TPSA) is 42.0 Å². The SMILES string of the molecule is O=Cc1cnc2c(C(F)(F)F)cccc2c1-c1cccc(NCc2cccc(C(F)(F)F)c2)c1. The molecule has 0 aliphatic rings. The number of hydrogen-bond donors (Lipinski definition) is 1. The molecule has 0 aliphatic heterocycles. The standard InChI is InChI=1S/C25H16F6N2O/c26-24(27,28)18-6-1-4-15(10-18)12-32-19-7-2-5-16(11-19)22-17(14-34)13-33-23-20(22)8-3-9-21(23)25(29,30)31/h1-11,13-14,32H,12H2. The van der Waals surface area contributed by atoms with Crippen LogP contribution in [0.2, 0.25) is 0 Å². The molecule has 1 aromatic heterocycles. The summed E-state index contributed by atoms with van der Waals surface area (Å²) in [5.74, 6) is 0. The van der Waals surface area contributed by atoms with Crippen molar-refractivity contribution in [2.45, 2.75) is 18.9 Å². The van der Waals surface area contributed by atoms with Crippen molar-refractivity contribution < 1.29 is 31.1 Å². The normalized spacial score (nSPS) is 12.1. The summed E-state index contributed by atoms with van der Waals surface area (Å²) in [7, 11) is 0. The van der Waals surface area contributed by atoms with Gasteiger partial charge in [-0.05, 0) is 41.5 Å². The summed E-state index contributed by atoms with van der Waals surface area (Å²) in [5.41, 5.74) is -0.180. The van der Waals surface area contributed by atoms with Crippen LogP contribution in [-0.2, 0) is 18.9 Å². The number of carbonyl (C=O) groups is 1. The molecule has 3 nitrogen and oxygen atoms in total. The van der Waals surface area contributed by atoms with Crippen LogP contribution in [0.1, 0.15) is 27.0 Å². The number of para-hydroxylation sites is 1. The van der Waals surface area contributed by atoms with E-state index in [1.807, 2.05) is 0 Å². The summed E-state index contributed by atoms with van der Waals surface area (Å²) in [4.78, 5) is 15.5. The van der Waals surface area contributed by atoms with Crippen LogP contribution in [-0.4, -0.2) is 11.3 Å². The minimum atomic E-state index is -4.62. The number of alkyl halides is 6. The molecule has 1 heterocycles. The Morgan fingerprint density at radius 1 is 0.853 bits per heavy atom. The van der Waals surface area contributed by atoms with Gasteiger partial charge in [-0.1, -0.05) is 36.4 Å². The predicted octanol–water partition coefficient (Wildman–Crippen LogP) is 7.36. The number of benzene rings is 3. The maximum atomic E-state index is 13.5. The zero-order valence-electron chi connectivity index (χ0n) is 17.3. The van der Waals surface area contributed by atoms with Crippen LogP contribution in [0.3, 0.4) is 0 Å². The Labute approximate surface area is 190 Å². The number of fused-ring (bicyclic) bond motifs is 1. The molecule has 0 spiro atoms. The molecule has 0 radical (unpaired) electrons. The summed E-state index contributed by atoms with van der Waals surface area (Å²) in [6, 6.07) is 15.1. The molecule has 3 aromatic carbocycles. The highest BCUT2D eigenvalue weighted by Gasteiger charge is 2.34. The minimum Gasteiger partial charge on any atom is -0.381 e. The van der Waals surface area contributed by atoms with Gasteiger partial charge in [0.25, 0.3) is 0 Å². The Hall–Kier alpha value is -3.88. The van der Waals surface area contributed by atoms with Crippen LogP contribution in [0.5, 0.6) is 0 Å². The number of nitrogens with zero attached hydrogens (tertiary/aromatic N) is 1. The first kappa shape index (κ1) is 23.3. The van der Waals surface area contributed by atoms with E-state index in [1.165, 1.54) is 18.2 Å². The molecule has 0 unspecified atom stereocenters. The molecule has 0 bridgehead atoms. The van der Waals surface area contributed by atoms with E-state index in [2.05, 4.69) is 10.3 Å². The molecule has 1 N–H and O–H groups in total. The molecule has 0 saturated heterocycles. The molecule has 0 amide bonds. The van der Waals surface area contributed by atoms with Crippen molar-refractivity contribution in [3.8, 4) is 11.1 Å². The van der Waals surface area contributed by atoms with E-state index < -0.39 is 23.5 Å². The van der Waals surface area contributed by atoms with Gasteiger partial charge in [0, 0.05) is 34.9 Å². The Balaban J connectivity index is 1.72. The van der Waals surface area contributed by atoms with Crippen LogP contribution < -0.4 is 5.32 Å². The number of pyridine rings is 1. The number of carbonyl (C=O) groups excluding carboxylic acids is 1. The van der Waals surface area contributed by atoms with Gasteiger partial charge >= 0.3 is 12.4 Å². The van der Waals surface area contributed by atoms with Gasteiger partial charge in [-0.15, -0.1) is 0 Å². The highest BCUT2D eigenvalue weighted by molar-refractivity contribution is 6.03. The van der Waals surface area contributed by atoms with Crippen LogP contribution in [0, 0.1) is 0 Å². The van der Waals surface area contributed by atoms with Gasteiger partial charge < -0.3 is 5.32 Å². The summed E-state index contributed by atoms with van der Waals surface area (Å²) in [6.45, 7) is 0.0865. The van der Waals surface area contributed by atoms with Crippen LogP contribution in [0.25, 0.3) is 22.0 Å². The lowest BCUT2D eigenvalue weighted by atomic mass is 9.95. The predicted molar refractivity (Wildman–Crippen MR) is 116 cm³/mol. The van der Waals surface area contributed by atoms with Crippen molar-refractivity contribution in [3.63, 3.8) is 0 Å². The second-order valence-corrected chi connectivity index (χ2v) is 7.54. The number of aromatic nitrogens is 1. The van der Waals surface area contributed by atoms with E-state index in [0.717, 1.165) is 24.4 Å². The van der Waals surface area contributed by atoms with Crippen LogP contribution in [0.15, 0.2) is 72.9 Å². The molecule has 0 fully saturated rings. The number of aldehydes is 1. The van der Waals surface area contributed by atoms with E-state index in [0.29, 0.717) is 23.1 Å². The molecule has 0 aliphatic carbocycles. The molecule has 34 heavy (non-hydrogen) atoms. The van der Waals surface area contributed by atoms with Crippen LogP contribution >= 0.6 is 0 Å². The third-order valence-corrected chi connectivity index (χ3v) is 5.26. The lowest BCUT2D eigenvalue weighted by molar-refractivity contribution is -0.138. The quantitative estimate of drug-likeness (QED) is 0.243. The van der Waals surface area contributed by atoms with Gasteiger partial charge in [0.15, 0.2) is 6.29 Å². The zero-order chi connectivity index (χ0) is 24.5. The highest BCUT2D eigenvalue weighted by Crippen LogP contribution is 2.38. The monoisotopic (exact) mass is 474 g/mol. The van der Waals surface area contributed by atoms with Gasteiger partial charge in [-0.3, -0.25) is 9.78 Å². The maximum absolute atomic E-state index is 13.5. The fourth-order valence-corrected chi connectivity index (χ4v) is 3.73. The third-order valence-electron chi connectivity index (χ3n) is 5.26. The Bertz CT molecular complexity index is 1360. The van der Waals surface area contributed by atoms with Gasteiger partial charge in [-0.2, -0.15) is 26.3 Å². The van der Waals surface area contributed by atoms with Crippen molar-refractivity contribution in [1.29, 1.82) is 0 Å². The molecule has 4 rings (SSSR count). The van der Waals surface area contributed by atoms with Crippen LogP contribution in [0.4, 0.5) is 32.0 Å². The number of halogens is 6. The average molecular weight is 474 g/mol. The van der Waals surface area contributed by atoms with Gasteiger partial charge in [0.1, 0.15) is 0 Å². The van der Waals surface area contributed by atoms with E-state index in [-0.39, 0.29) is 28.6 Å². The van der Waals surface area contributed by atoms with E-state index in [1.54, 1.807) is 30.3 Å². The summed E-state index contributed by atoms with van der Waals surface area (Å²) in [5, 5.41) is 3.18. The molecule has 174 valence electrons. The largest absolute Gasteiger partial charge is 0.418 e. The lowest BCUT2D eigenvalue weighted by Crippen LogP contribution is -2.07. The third kappa shape index (κ3) is 4.73. The summed E-state index contributed by atoms with van der Waals surface area (Å²) < 4.78 is 79.3. The summed E-state index contributed by atoms with van der Waals surface area (Å²) >= 11 is 0. The highest BCUT2D eigenvalue weighted by atomic mass is 19.4. The smallest absolute Gasteiger partial charge is 0.381 e. The zero-order valence-corrected chi connectivity index (χ0v) is 17.3. The van der Waals surface area contributed by atoms with Crippen molar-refractivity contribution in [2.75, 3.05) is 5.32 Å². The van der Waals surface area contributed by atoms with Crippen molar-refractivity contribution >= 4 is 22.9 Å². The molecular formula is C25H16F6N2O. The molecule has 0 saturated carbocycles. The fraction of sp³-hybridized carbons (Fsp3) is 0.120. The molecule has 0 atom stereocenters. The Kier molecular flexibility index (Phi) is 6.03. The lowest BCUT2D eigenvalue weighted by Gasteiger charge is -2.15. The molecular weight excluding hydrogens is 458 g/mol. The van der Waals surface area contributed by atoms with Gasteiger partial charge in [0.2, 0.25) is 0 Å². The fourth-order valence-electron chi connectivity index (χ4n) is 3.73. The number of nitrogens with one attached hydrogen (secondary N) is 1. The first-order chi connectivity index (χ1) is 16.1. The second kappa shape index (κ2) is 8.81. The van der Waals surface area contributed by atoms with E-state index in [9.17, 15) is 31.1 Å². The van der Waals surface area contributed by atoms with Crippen molar-refractivity contribution in [1.82, 2.24) is 4.98 Å². The number of rotatable bonds is 5. The maximum Gasteiger partial charge on any atom is 0.418 e. The van der Waals surface area contributed by atoms with Gasteiger partial charge in [-0.25, -0.2) is 0 Å². The first-order valence-electron chi connectivity index (χ1n) is 10.0. The van der Waals surface area contributed by atoms with E-state index in [4.69, 9.17) is 0 Å². The molecule has 4 aromatic rings.